The van der Waals surface area contributed by atoms with Crippen LogP contribution in [0.3, 0.4) is 0 Å². The van der Waals surface area contributed by atoms with E-state index in [0.717, 1.165) is 18.4 Å². The number of nitrogens with one attached hydrogen (secondary N) is 1. The summed E-state index contributed by atoms with van der Waals surface area (Å²) in [5.41, 5.74) is -0.194. The van der Waals surface area contributed by atoms with Gasteiger partial charge in [-0.15, -0.1) is 0 Å². The second-order valence-electron chi connectivity index (χ2n) is 5.83. The van der Waals surface area contributed by atoms with Crippen molar-refractivity contribution in [1.29, 1.82) is 0 Å². The van der Waals surface area contributed by atoms with Gasteiger partial charge in [0.1, 0.15) is 6.54 Å². The highest BCUT2D eigenvalue weighted by molar-refractivity contribution is 7.92. The fraction of sp³-hybridized carbons (Fsp3) is 0.235. The molecule has 2 rings (SSSR count). The Bertz CT molecular complexity index is 962. The van der Waals surface area contributed by atoms with Gasteiger partial charge in [0, 0.05) is 10.7 Å². The largest absolute Gasteiger partial charge is 0.416 e. The lowest BCUT2D eigenvalue weighted by molar-refractivity contribution is -0.137. The van der Waals surface area contributed by atoms with Crippen LogP contribution in [0.15, 0.2) is 42.5 Å². The third-order valence-corrected chi connectivity index (χ3v) is 4.99. The zero-order chi connectivity index (χ0) is 20.4. The van der Waals surface area contributed by atoms with E-state index in [0.29, 0.717) is 26.6 Å². The van der Waals surface area contributed by atoms with E-state index in [-0.39, 0.29) is 5.69 Å². The molecule has 0 aliphatic heterocycles. The number of carbonyl (C=O) groups is 1. The Balaban J connectivity index is 2.29. The number of hydrogen-bond acceptors (Lipinski definition) is 3. The number of sulfonamides is 1. The van der Waals surface area contributed by atoms with Crippen LogP contribution in [0.5, 0.6) is 0 Å². The molecule has 2 aromatic carbocycles. The van der Waals surface area contributed by atoms with Gasteiger partial charge in [0.05, 0.1) is 17.5 Å². The number of nitrogens with zero attached hydrogens (tertiary/aromatic N) is 1. The molecule has 0 saturated carbocycles. The van der Waals surface area contributed by atoms with Crippen molar-refractivity contribution in [3.05, 3.63) is 58.6 Å². The van der Waals surface area contributed by atoms with Crippen molar-refractivity contribution in [1.82, 2.24) is 0 Å². The summed E-state index contributed by atoms with van der Waals surface area (Å²) >= 11 is 5.84. The second kappa shape index (κ2) is 7.77. The molecule has 146 valence electrons. The smallest absolute Gasteiger partial charge is 0.324 e. The van der Waals surface area contributed by atoms with E-state index in [2.05, 4.69) is 5.32 Å². The molecule has 0 saturated heterocycles. The van der Waals surface area contributed by atoms with Crippen molar-refractivity contribution in [2.75, 3.05) is 22.4 Å². The van der Waals surface area contributed by atoms with Crippen LogP contribution in [0.4, 0.5) is 24.5 Å². The van der Waals surface area contributed by atoms with Crippen LogP contribution in [0, 0.1) is 6.92 Å². The Hall–Kier alpha value is -2.26. The molecule has 1 amide bonds. The Morgan fingerprint density at radius 3 is 2.41 bits per heavy atom. The van der Waals surface area contributed by atoms with Crippen LogP contribution in [0.25, 0.3) is 0 Å². The Morgan fingerprint density at radius 1 is 1.19 bits per heavy atom. The fourth-order valence-electron chi connectivity index (χ4n) is 2.32. The van der Waals surface area contributed by atoms with Gasteiger partial charge in [-0.1, -0.05) is 17.7 Å². The van der Waals surface area contributed by atoms with Crippen molar-refractivity contribution in [2.45, 2.75) is 13.1 Å². The van der Waals surface area contributed by atoms with Gasteiger partial charge in [0.25, 0.3) is 0 Å². The minimum Gasteiger partial charge on any atom is -0.324 e. The average Bonchev–Trinajstić information content (AvgIpc) is 2.53. The first-order valence-electron chi connectivity index (χ1n) is 7.59. The van der Waals surface area contributed by atoms with Crippen LogP contribution in [0.1, 0.15) is 11.1 Å². The number of anilines is 2. The lowest BCUT2D eigenvalue weighted by atomic mass is 10.2. The third kappa shape index (κ3) is 5.61. The van der Waals surface area contributed by atoms with E-state index < -0.39 is 34.2 Å². The molecule has 0 aliphatic carbocycles. The van der Waals surface area contributed by atoms with Crippen LogP contribution in [-0.2, 0) is 21.0 Å². The minimum atomic E-state index is -4.64. The summed E-state index contributed by atoms with van der Waals surface area (Å²) in [6.45, 7) is 1.02. The van der Waals surface area contributed by atoms with Crippen LogP contribution < -0.4 is 9.62 Å². The van der Waals surface area contributed by atoms with E-state index >= 15 is 0 Å². The van der Waals surface area contributed by atoms with Crippen LogP contribution >= 0.6 is 11.6 Å². The number of carbonyl (C=O) groups excluding carboxylic acids is 1. The van der Waals surface area contributed by atoms with Gasteiger partial charge in [-0.25, -0.2) is 8.42 Å². The molecule has 2 aromatic rings. The molecule has 5 nitrogen and oxygen atoms in total. The molecule has 0 radical (unpaired) electrons. The van der Waals surface area contributed by atoms with Crippen LogP contribution in [-0.4, -0.2) is 27.1 Å². The standard InChI is InChI=1S/C17H16ClF3N2O3S/c1-11-8-13(18)6-7-15(11)22-16(24)10-23(27(2,25)26)14-5-3-4-12(9-14)17(19,20)21/h3-9H,10H2,1-2H3,(H,22,24). The van der Waals surface area contributed by atoms with Crippen molar-refractivity contribution in [3.8, 4) is 0 Å². The summed E-state index contributed by atoms with van der Waals surface area (Å²) < 4.78 is 63.4. The SMILES string of the molecule is Cc1cc(Cl)ccc1NC(=O)CN(c1cccc(C(F)(F)F)c1)S(C)(=O)=O. The molecule has 0 aromatic heterocycles. The van der Waals surface area contributed by atoms with E-state index in [9.17, 15) is 26.4 Å². The molecule has 10 heteroatoms. The summed E-state index contributed by atoms with van der Waals surface area (Å²) in [7, 11) is -4.00. The van der Waals surface area contributed by atoms with Gasteiger partial charge in [0.2, 0.25) is 15.9 Å². The average molecular weight is 421 g/mol. The molecule has 0 spiro atoms. The van der Waals surface area contributed by atoms with E-state index in [1.165, 1.54) is 6.07 Å². The summed E-state index contributed by atoms with van der Waals surface area (Å²) in [6.07, 6.45) is -3.82. The molecule has 27 heavy (non-hydrogen) atoms. The normalized spacial score (nSPS) is 11.9. The monoisotopic (exact) mass is 420 g/mol. The molecule has 0 heterocycles. The topological polar surface area (TPSA) is 66.5 Å². The minimum absolute atomic E-state index is 0.254. The molecular formula is C17H16ClF3N2O3S. The maximum absolute atomic E-state index is 12.9. The molecule has 1 N–H and O–H groups in total. The zero-order valence-corrected chi connectivity index (χ0v) is 15.9. The van der Waals surface area contributed by atoms with Gasteiger partial charge in [0.15, 0.2) is 0 Å². The maximum atomic E-state index is 12.9. The highest BCUT2D eigenvalue weighted by Gasteiger charge is 2.32. The molecule has 0 unspecified atom stereocenters. The van der Waals surface area contributed by atoms with Gasteiger partial charge in [-0.05, 0) is 48.9 Å². The lowest BCUT2D eigenvalue weighted by Gasteiger charge is -2.23. The van der Waals surface area contributed by atoms with Gasteiger partial charge < -0.3 is 5.32 Å². The van der Waals surface area contributed by atoms with Gasteiger partial charge in [-0.3, -0.25) is 9.10 Å². The molecule has 0 bridgehead atoms. The Kier molecular flexibility index (Phi) is 6.06. The van der Waals surface area contributed by atoms with E-state index in [1.54, 1.807) is 25.1 Å². The number of rotatable bonds is 5. The van der Waals surface area contributed by atoms with Crippen molar-refractivity contribution < 1.29 is 26.4 Å². The number of alkyl halides is 3. The molecular weight excluding hydrogens is 405 g/mol. The summed E-state index contributed by atoms with van der Waals surface area (Å²) in [4.78, 5) is 12.3. The predicted molar refractivity (Wildman–Crippen MR) is 98.5 cm³/mol. The van der Waals surface area contributed by atoms with E-state index in [4.69, 9.17) is 11.6 Å². The number of aryl methyl sites for hydroxylation is 1. The predicted octanol–water partition coefficient (Wildman–Crippen LogP) is 4.07. The van der Waals surface area contributed by atoms with Gasteiger partial charge >= 0.3 is 6.18 Å². The Morgan fingerprint density at radius 2 is 1.85 bits per heavy atom. The number of hydrogen-bond donors (Lipinski definition) is 1. The van der Waals surface area contributed by atoms with Crippen molar-refractivity contribution >= 4 is 38.9 Å². The number of benzene rings is 2. The first kappa shape index (κ1) is 21.0. The summed E-state index contributed by atoms with van der Waals surface area (Å²) in [6, 6.07) is 8.48. The number of halogens is 4. The lowest BCUT2D eigenvalue weighted by Crippen LogP contribution is -2.37. The first-order valence-corrected chi connectivity index (χ1v) is 9.81. The highest BCUT2D eigenvalue weighted by Crippen LogP contribution is 2.32. The molecule has 0 atom stereocenters. The fourth-order valence-corrected chi connectivity index (χ4v) is 3.40. The highest BCUT2D eigenvalue weighted by atomic mass is 35.5. The quantitative estimate of drug-likeness (QED) is 0.792. The Labute approximate surface area is 159 Å². The van der Waals surface area contributed by atoms with Gasteiger partial charge in [-0.2, -0.15) is 13.2 Å². The van der Waals surface area contributed by atoms with Crippen LogP contribution in [0.2, 0.25) is 5.02 Å². The zero-order valence-electron chi connectivity index (χ0n) is 14.3. The second-order valence-corrected chi connectivity index (χ2v) is 8.17. The summed E-state index contributed by atoms with van der Waals surface area (Å²) in [5.74, 6) is -0.705. The summed E-state index contributed by atoms with van der Waals surface area (Å²) in [5, 5.41) is 2.99. The number of amides is 1. The first-order chi connectivity index (χ1) is 12.4. The van der Waals surface area contributed by atoms with E-state index in [1.807, 2.05) is 0 Å². The maximum Gasteiger partial charge on any atom is 0.416 e. The molecule has 0 fully saturated rings. The van der Waals surface area contributed by atoms with Crippen molar-refractivity contribution in [3.63, 3.8) is 0 Å². The van der Waals surface area contributed by atoms with Crippen molar-refractivity contribution in [2.24, 2.45) is 0 Å². The molecule has 0 aliphatic rings. The third-order valence-electron chi connectivity index (χ3n) is 3.61.